The fraction of sp³-hybridized carbons (Fsp3) is 0.111. The van der Waals surface area contributed by atoms with Crippen molar-refractivity contribution in [2.75, 3.05) is 11.5 Å². The molecule has 0 spiro atoms. The van der Waals surface area contributed by atoms with Crippen molar-refractivity contribution < 1.29 is 4.39 Å². The van der Waals surface area contributed by atoms with Crippen LogP contribution in [-0.2, 0) is 0 Å². The van der Waals surface area contributed by atoms with E-state index in [1.54, 1.807) is 6.07 Å². The van der Waals surface area contributed by atoms with E-state index < -0.39 is 5.82 Å². The minimum atomic E-state index is -0.416. The smallest absolute Gasteiger partial charge is 0.147 e. The van der Waals surface area contributed by atoms with Crippen LogP contribution in [0.25, 0.3) is 0 Å². The molecular formula is C9H8Cl2FNS. The molecule has 1 aromatic rings. The van der Waals surface area contributed by atoms with E-state index in [1.165, 1.54) is 29.4 Å². The van der Waals surface area contributed by atoms with Crippen molar-refractivity contribution in [1.82, 2.24) is 0 Å². The molecule has 14 heavy (non-hydrogen) atoms. The second-order valence-corrected chi connectivity index (χ2v) is 4.28. The highest BCUT2D eigenvalue weighted by molar-refractivity contribution is 7.99. The number of halogens is 3. The Kier molecular flexibility index (Phi) is 4.58. The number of rotatable bonds is 3. The first-order valence-corrected chi connectivity index (χ1v) is 5.56. The van der Waals surface area contributed by atoms with Crippen LogP contribution < -0.4 is 5.73 Å². The summed E-state index contributed by atoms with van der Waals surface area (Å²) in [4.78, 5) is 0.772. The van der Waals surface area contributed by atoms with Crippen molar-refractivity contribution in [3.63, 3.8) is 0 Å². The molecule has 5 heteroatoms. The topological polar surface area (TPSA) is 26.0 Å². The molecule has 1 rings (SSSR count). The highest BCUT2D eigenvalue weighted by Crippen LogP contribution is 2.24. The first-order chi connectivity index (χ1) is 6.63. The molecule has 0 radical (unpaired) electrons. The normalized spacial score (nSPS) is 11.8. The van der Waals surface area contributed by atoms with E-state index in [2.05, 4.69) is 0 Å². The maximum Gasteiger partial charge on any atom is 0.147 e. The van der Waals surface area contributed by atoms with Crippen LogP contribution in [-0.4, -0.2) is 5.75 Å². The molecule has 0 bridgehead atoms. The fourth-order valence-electron chi connectivity index (χ4n) is 0.781. The monoisotopic (exact) mass is 251 g/mol. The summed E-state index contributed by atoms with van der Waals surface area (Å²) in [5.41, 5.74) is 6.77. The summed E-state index contributed by atoms with van der Waals surface area (Å²) in [6, 6.07) is 4.63. The van der Waals surface area contributed by atoms with Crippen molar-refractivity contribution in [2.45, 2.75) is 4.90 Å². The van der Waals surface area contributed by atoms with Gasteiger partial charge in [-0.3, -0.25) is 0 Å². The molecular weight excluding hydrogens is 244 g/mol. The zero-order valence-corrected chi connectivity index (χ0v) is 9.46. The van der Waals surface area contributed by atoms with Gasteiger partial charge in [0, 0.05) is 21.2 Å². The second kappa shape index (κ2) is 5.49. The van der Waals surface area contributed by atoms with Gasteiger partial charge in [-0.1, -0.05) is 23.2 Å². The van der Waals surface area contributed by atoms with Crippen molar-refractivity contribution >= 4 is 40.7 Å². The van der Waals surface area contributed by atoms with Crippen LogP contribution in [0, 0.1) is 5.82 Å². The van der Waals surface area contributed by atoms with Crippen LogP contribution in [0.15, 0.2) is 33.7 Å². The van der Waals surface area contributed by atoms with E-state index in [9.17, 15) is 4.39 Å². The summed E-state index contributed by atoms with van der Waals surface area (Å²) in [5.74, 6) is 0.106. The van der Waals surface area contributed by atoms with Crippen LogP contribution in [0.3, 0.4) is 0 Å². The van der Waals surface area contributed by atoms with E-state index in [0.29, 0.717) is 10.8 Å². The Labute approximate surface area is 96.1 Å². The molecule has 1 aromatic carbocycles. The zero-order chi connectivity index (χ0) is 10.6. The second-order valence-electron chi connectivity index (χ2n) is 2.53. The van der Waals surface area contributed by atoms with Crippen LogP contribution in [0.5, 0.6) is 0 Å². The molecule has 0 aliphatic carbocycles. The fourth-order valence-corrected chi connectivity index (χ4v) is 1.85. The van der Waals surface area contributed by atoms with Gasteiger partial charge < -0.3 is 5.73 Å². The molecule has 76 valence electrons. The highest BCUT2D eigenvalue weighted by Gasteiger charge is 2.01. The van der Waals surface area contributed by atoms with E-state index >= 15 is 0 Å². The summed E-state index contributed by atoms with van der Waals surface area (Å²) in [6.07, 6.45) is 0. The van der Waals surface area contributed by atoms with E-state index in [-0.39, 0.29) is 5.69 Å². The Morgan fingerprint density at radius 2 is 2.29 bits per heavy atom. The van der Waals surface area contributed by atoms with Crippen LogP contribution in [0.2, 0.25) is 0 Å². The Morgan fingerprint density at radius 1 is 1.57 bits per heavy atom. The van der Waals surface area contributed by atoms with E-state index in [1.807, 2.05) is 0 Å². The van der Waals surface area contributed by atoms with Gasteiger partial charge in [0.25, 0.3) is 0 Å². The van der Waals surface area contributed by atoms with Crippen LogP contribution in [0.4, 0.5) is 10.1 Å². The van der Waals surface area contributed by atoms with Crippen LogP contribution in [0.1, 0.15) is 0 Å². The Balaban J connectivity index is 2.64. The average Bonchev–Trinajstić information content (AvgIpc) is 2.19. The summed E-state index contributed by atoms with van der Waals surface area (Å²) in [5, 5.41) is 0.522. The molecule has 0 unspecified atom stereocenters. The lowest BCUT2D eigenvalue weighted by atomic mass is 10.3. The molecule has 0 saturated carbocycles. The largest absolute Gasteiger partial charge is 0.396 e. The van der Waals surface area contributed by atoms with Gasteiger partial charge in [-0.15, -0.1) is 11.8 Å². The van der Waals surface area contributed by atoms with Crippen LogP contribution >= 0.6 is 35.0 Å². The number of nitrogens with two attached hydrogens (primary N) is 1. The summed E-state index contributed by atoms with van der Waals surface area (Å²) in [6.45, 7) is 0. The molecule has 0 heterocycles. The first kappa shape index (κ1) is 11.7. The lowest BCUT2D eigenvalue weighted by Crippen LogP contribution is -1.90. The Bertz CT molecular complexity index is 355. The third-order valence-electron chi connectivity index (χ3n) is 1.47. The molecule has 0 aromatic heterocycles. The number of nitrogen functional groups attached to an aromatic ring is 1. The number of thioether (sulfide) groups is 1. The van der Waals surface area contributed by atoms with Crippen molar-refractivity contribution in [1.29, 1.82) is 0 Å². The third-order valence-corrected chi connectivity index (χ3v) is 3.29. The van der Waals surface area contributed by atoms with Gasteiger partial charge in [0.05, 0.1) is 5.69 Å². The van der Waals surface area contributed by atoms with Crippen molar-refractivity contribution in [3.05, 3.63) is 34.6 Å². The molecule has 0 amide bonds. The van der Waals surface area contributed by atoms with E-state index in [0.717, 1.165) is 4.90 Å². The zero-order valence-electron chi connectivity index (χ0n) is 7.14. The molecule has 0 atom stereocenters. The van der Waals surface area contributed by atoms with Crippen molar-refractivity contribution in [2.24, 2.45) is 0 Å². The molecule has 0 aliphatic heterocycles. The highest BCUT2D eigenvalue weighted by atomic mass is 35.5. The maximum absolute atomic E-state index is 13.0. The number of benzene rings is 1. The summed E-state index contributed by atoms with van der Waals surface area (Å²) < 4.78 is 13.0. The van der Waals surface area contributed by atoms with Gasteiger partial charge in [-0.2, -0.15) is 0 Å². The van der Waals surface area contributed by atoms with Gasteiger partial charge in [0.1, 0.15) is 5.82 Å². The molecule has 2 N–H and O–H groups in total. The SMILES string of the molecule is Nc1ccc(SCC(Cl)=CCl)cc1F. The van der Waals surface area contributed by atoms with Gasteiger partial charge in [0.15, 0.2) is 0 Å². The minimum absolute atomic E-state index is 0.147. The number of hydrogen-bond acceptors (Lipinski definition) is 2. The van der Waals surface area contributed by atoms with Gasteiger partial charge in [-0.25, -0.2) is 4.39 Å². The van der Waals surface area contributed by atoms with Crippen molar-refractivity contribution in [3.8, 4) is 0 Å². The predicted octanol–water partition coefficient (Wildman–Crippen LogP) is 3.82. The lowest BCUT2D eigenvalue weighted by molar-refractivity contribution is 0.629. The van der Waals surface area contributed by atoms with Gasteiger partial charge >= 0.3 is 0 Å². The van der Waals surface area contributed by atoms with E-state index in [4.69, 9.17) is 28.9 Å². The van der Waals surface area contributed by atoms with Gasteiger partial charge in [0.2, 0.25) is 0 Å². The first-order valence-electron chi connectivity index (χ1n) is 3.76. The summed E-state index contributed by atoms with van der Waals surface area (Å²) >= 11 is 12.4. The number of hydrogen-bond donors (Lipinski definition) is 1. The predicted molar refractivity (Wildman–Crippen MR) is 61.3 cm³/mol. The average molecular weight is 252 g/mol. The third kappa shape index (κ3) is 3.40. The minimum Gasteiger partial charge on any atom is -0.396 e. The van der Waals surface area contributed by atoms with Gasteiger partial charge in [-0.05, 0) is 18.2 Å². The molecule has 1 nitrogen and oxygen atoms in total. The maximum atomic E-state index is 13.0. The quantitative estimate of drug-likeness (QED) is 0.653. The number of anilines is 1. The lowest BCUT2D eigenvalue weighted by Gasteiger charge is -2.01. The standard InChI is InChI=1S/C9H8Cl2FNS/c10-4-6(11)5-14-7-1-2-9(13)8(12)3-7/h1-4H,5,13H2. The molecule has 0 saturated heterocycles. The summed E-state index contributed by atoms with van der Waals surface area (Å²) in [7, 11) is 0. The molecule has 0 fully saturated rings. The molecule has 0 aliphatic rings. The Morgan fingerprint density at radius 3 is 2.86 bits per heavy atom. The Hall–Kier alpha value is -0.380.